The molecule has 0 bridgehead atoms. The quantitative estimate of drug-likeness (QED) is 0.614. The Morgan fingerprint density at radius 1 is 1.00 bits per heavy atom. The number of aromatic amines is 1. The van der Waals surface area contributed by atoms with Crippen LogP contribution in [0.4, 0.5) is 0 Å². The van der Waals surface area contributed by atoms with E-state index < -0.39 is 6.04 Å². The summed E-state index contributed by atoms with van der Waals surface area (Å²) < 4.78 is 0. The SMILES string of the molecule is C[C@H](N)c1cnc(C(=O)N2C[C@@H](c3ccccc3)C[C@H]2C(=O)N2CCC(c3ccccc3)C2)[nH]1. The van der Waals surface area contributed by atoms with Crippen molar-refractivity contribution in [1.82, 2.24) is 19.8 Å². The van der Waals surface area contributed by atoms with Gasteiger partial charge in [0.05, 0.1) is 11.9 Å². The first-order valence-corrected chi connectivity index (χ1v) is 12.0. The Hall–Kier alpha value is -3.45. The number of benzene rings is 2. The number of carbonyl (C=O) groups is 2. The fraction of sp³-hybridized carbons (Fsp3) is 0.370. The number of rotatable bonds is 5. The highest BCUT2D eigenvalue weighted by molar-refractivity contribution is 5.95. The Balaban J connectivity index is 1.38. The van der Waals surface area contributed by atoms with E-state index in [0.29, 0.717) is 37.7 Å². The second kappa shape index (κ2) is 9.43. The summed E-state index contributed by atoms with van der Waals surface area (Å²) in [5, 5.41) is 0. The van der Waals surface area contributed by atoms with E-state index in [1.54, 1.807) is 11.1 Å². The van der Waals surface area contributed by atoms with Crippen molar-refractivity contribution in [2.75, 3.05) is 19.6 Å². The minimum Gasteiger partial charge on any atom is -0.340 e. The zero-order valence-corrected chi connectivity index (χ0v) is 19.4. The topological polar surface area (TPSA) is 95.3 Å². The Kier molecular flexibility index (Phi) is 6.20. The highest BCUT2D eigenvalue weighted by Crippen LogP contribution is 2.35. The van der Waals surface area contributed by atoms with Crippen molar-refractivity contribution >= 4 is 11.8 Å². The Morgan fingerprint density at radius 2 is 1.65 bits per heavy atom. The van der Waals surface area contributed by atoms with Gasteiger partial charge in [0.2, 0.25) is 5.91 Å². The zero-order valence-electron chi connectivity index (χ0n) is 19.4. The summed E-state index contributed by atoms with van der Waals surface area (Å²) in [6, 6.07) is 19.7. The summed E-state index contributed by atoms with van der Waals surface area (Å²) in [4.78, 5) is 38.2. The number of hydrogen-bond donors (Lipinski definition) is 2. The van der Waals surface area contributed by atoms with Gasteiger partial charge in [-0.05, 0) is 30.9 Å². The number of imidazole rings is 1. The molecule has 4 atom stereocenters. The summed E-state index contributed by atoms with van der Waals surface area (Å²) >= 11 is 0. The van der Waals surface area contributed by atoms with Gasteiger partial charge in [-0.3, -0.25) is 9.59 Å². The molecular formula is C27H31N5O2. The lowest BCUT2D eigenvalue weighted by Crippen LogP contribution is -2.47. The molecule has 0 aliphatic carbocycles. The van der Waals surface area contributed by atoms with Crippen molar-refractivity contribution in [3.05, 3.63) is 89.5 Å². The van der Waals surface area contributed by atoms with Gasteiger partial charge in [-0.25, -0.2) is 4.98 Å². The van der Waals surface area contributed by atoms with E-state index in [0.717, 1.165) is 12.0 Å². The molecule has 0 spiro atoms. The smallest absolute Gasteiger partial charge is 0.290 e. The van der Waals surface area contributed by atoms with Gasteiger partial charge in [0.1, 0.15) is 6.04 Å². The predicted octanol–water partition coefficient (Wildman–Crippen LogP) is 3.44. The molecule has 1 aromatic heterocycles. The van der Waals surface area contributed by atoms with Crippen LogP contribution in [0, 0.1) is 0 Å². The first kappa shape index (κ1) is 22.3. The number of hydrogen-bond acceptors (Lipinski definition) is 4. The second-order valence-electron chi connectivity index (χ2n) is 9.47. The number of nitrogens with two attached hydrogens (primary N) is 1. The van der Waals surface area contributed by atoms with Crippen LogP contribution in [0.1, 0.15) is 65.1 Å². The molecule has 3 aromatic rings. The van der Waals surface area contributed by atoms with E-state index >= 15 is 0 Å². The summed E-state index contributed by atoms with van der Waals surface area (Å²) in [5.74, 6) is 0.461. The second-order valence-corrected chi connectivity index (χ2v) is 9.47. The molecule has 2 saturated heterocycles. The minimum atomic E-state index is -0.504. The molecule has 176 valence electrons. The molecule has 7 nitrogen and oxygen atoms in total. The van der Waals surface area contributed by atoms with Crippen molar-refractivity contribution in [1.29, 1.82) is 0 Å². The number of amides is 2. The number of nitrogens with one attached hydrogen (secondary N) is 1. The maximum Gasteiger partial charge on any atom is 0.290 e. The van der Waals surface area contributed by atoms with Crippen molar-refractivity contribution in [2.45, 2.75) is 43.7 Å². The van der Waals surface area contributed by atoms with E-state index in [1.165, 1.54) is 5.56 Å². The highest BCUT2D eigenvalue weighted by atomic mass is 16.2. The maximum atomic E-state index is 13.7. The van der Waals surface area contributed by atoms with E-state index in [2.05, 4.69) is 34.2 Å². The third kappa shape index (κ3) is 4.35. The average Bonchev–Trinajstić information content (AvgIpc) is 3.64. The summed E-state index contributed by atoms with van der Waals surface area (Å²) in [5.41, 5.74) is 9.06. The summed E-state index contributed by atoms with van der Waals surface area (Å²) in [7, 11) is 0. The normalized spacial score (nSPS) is 23.3. The van der Waals surface area contributed by atoms with Crippen LogP contribution in [0.3, 0.4) is 0 Å². The molecule has 1 unspecified atom stereocenters. The first-order chi connectivity index (χ1) is 16.5. The molecule has 2 amide bonds. The molecule has 2 aliphatic rings. The van der Waals surface area contributed by atoms with E-state index in [-0.39, 0.29) is 29.6 Å². The van der Waals surface area contributed by atoms with Crippen LogP contribution < -0.4 is 5.73 Å². The highest BCUT2D eigenvalue weighted by Gasteiger charge is 2.44. The fourth-order valence-corrected chi connectivity index (χ4v) is 5.24. The molecule has 7 heteroatoms. The molecule has 0 saturated carbocycles. The number of H-pyrrole nitrogens is 1. The molecule has 34 heavy (non-hydrogen) atoms. The van der Waals surface area contributed by atoms with E-state index in [9.17, 15) is 9.59 Å². The van der Waals surface area contributed by atoms with Gasteiger partial charge >= 0.3 is 0 Å². The zero-order chi connectivity index (χ0) is 23.7. The van der Waals surface area contributed by atoms with Crippen LogP contribution in [0.5, 0.6) is 0 Å². The van der Waals surface area contributed by atoms with Crippen LogP contribution >= 0.6 is 0 Å². The lowest BCUT2D eigenvalue weighted by molar-refractivity contribution is -0.134. The monoisotopic (exact) mass is 457 g/mol. The summed E-state index contributed by atoms with van der Waals surface area (Å²) in [6.07, 6.45) is 3.15. The standard InChI is InChI=1S/C27H31N5O2/c1-18(28)23-15-29-25(30-23)27(34)32-17-22(20-10-6-3-7-11-20)14-24(32)26(33)31-13-12-21(16-31)19-8-4-2-5-9-19/h2-11,15,18,21-22,24H,12-14,16-17,28H2,1H3,(H,29,30)/t18-,21?,22-,24-/m0/s1. The lowest BCUT2D eigenvalue weighted by atomic mass is 9.96. The van der Waals surface area contributed by atoms with Gasteiger partial charge in [-0.1, -0.05) is 60.7 Å². The maximum absolute atomic E-state index is 13.7. The molecule has 5 rings (SSSR count). The third-order valence-electron chi connectivity index (χ3n) is 7.18. The van der Waals surface area contributed by atoms with Crippen molar-refractivity contribution < 1.29 is 9.59 Å². The van der Waals surface area contributed by atoms with Crippen molar-refractivity contribution in [2.24, 2.45) is 5.73 Å². The van der Waals surface area contributed by atoms with Crippen LogP contribution in [0.2, 0.25) is 0 Å². The van der Waals surface area contributed by atoms with E-state index in [1.807, 2.05) is 48.2 Å². The Bertz CT molecular complexity index is 1140. The largest absolute Gasteiger partial charge is 0.340 e. The van der Waals surface area contributed by atoms with E-state index in [4.69, 9.17) is 5.73 Å². The average molecular weight is 458 g/mol. The molecule has 2 fully saturated rings. The molecule has 3 N–H and O–H groups in total. The van der Waals surface area contributed by atoms with Gasteiger partial charge in [0.15, 0.2) is 5.82 Å². The minimum absolute atomic E-state index is 0.0317. The van der Waals surface area contributed by atoms with Gasteiger partial charge in [0.25, 0.3) is 5.91 Å². The molecule has 3 heterocycles. The molecule has 2 aromatic carbocycles. The van der Waals surface area contributed by atoms with Gasteiger partial charge in [-0.15, -0.1) is 0 Å². The Labute approximate surface area is 200 Å². The van der Waals surface area contributed by atoms with Crippen molar-refractivity contribution in [3.8, 4) is 0 Å². The van der Waals surface area contributed by atoms with Crippen LogP contribution in [-0.4, -0.2) is 57.3 Å². The third-order valence-corrected chi connectivity index (χ3v) is 7.18. The number of carbonyl (C=O) groups excluding carboxylic acids is 2. The van der Waals surface area contributed by atoms with Crippen LogP contribution in [-0.2, 0) is 4.79 Å². The summed E-state index contributed by atoms with van der Waals surface area (Å²) in [6.45, 7) is 3.73. The number of nitrogens with zero attached hydrogens (tertiary/aromatic N) is 3. The van der Waals surface area contributed by atoms with Crippen molar-refractivity contribution in [3.63, 3.8) is 0 Å². The van der Waals surface area contributed by atoms with Crippen LogP contribution in [0.15, 0.2) is 66.9 Å². The number of aromatic nitrogens is 2. The van der Waals surface area contributed by atoms with Crippen LogP contribution in [0.25, 0.3) is 0 Å². The lowest BCUT2D eigenvalue weighted by Gasteiger charge is -2.27. The molecule has 0 radical (unpaired) electrons. The fourth-order valence-electron chi connectivity index (χ4n) is 5.24. The van der Waals surface area contributed by atoms with Gasteiger partial charge < -0.3 is 20.5 Å². The number of likely N-dealkylation sites (tertiary alicyclic amines) is 2. The first-order valence-electron chi connectivity index (χ1n) is 12.0. The molecular weight excluding hydrogens is 426 g/mol. The van der Waals surface area contributed by atoms with Gasteiger partial charge in [0, 0.05) is 37.5 Å². The Morgan fingerprint density at radius 3 is 2.26 bits per heavy atom. The molecule has 2 aliphatic heterocycles. The predicted molar refractivity (Wildman–Crippen MR) is 130 cm³/mol. The van der Waals surface area contributed by atoms with Gasteiger partial charge in [-0.2, -0.15) is 0 Å².